The minimum absolute atomic E-state index is 0.257. The first kappa shape index (κ1) is 13.9. The van der Waals surface area contributed by atoms with Crippen LogP contribution in [-0.4, -0.2) is 11.1 Å². The molecule has 0 fully saturated rings. The zero-order valence-electron chi connectivity index (χ0n) is 11.2. The highest BCUT2D eigenvalue weighted by atomic mass is 19.1. The first-order valence-electron chi connectivity index (χ1n) is 6.06. The molecule has 2 rings (SSSR count). The fourth-order valence-corrected chi connectivity index (χ4v) is 2.07. The largest absolute Gasteiger partial charge is 0.478 e. The number of carboxylic acids is 1. The van der Waals surface area contributed by atoms with Gasteiger partial charge in [-0.15, -0.1) is 0 Å². The van der Waals surface area contributed by atoms with E-state index in [2.05, 4.69) is 5.32 Å². The number of nitrogen functional groups attached to an aromatic ring is 1. The molecule has 5 heteroatoms. The quantitative estimate of drug-likeness (QED) is 0.749. The van der Waals surface area contributed by atoms with Crippen LogP contribution >= 0.6 is 0 Å². The van der Waals surface area contributed by atoms with Crippen LogP contribution in [0.5, 0.6) is 0 Å². The Kier molecular flexibility index (Phi) is 3.61. The number of aromatic carboxylic acids is 1. The van der Waals surface area contributed by atoms with E-state index >= 15 is 0 Å². The summed E-state index contributed by atoms with van der Waals surface area (Å²) in [6.07, 6.45) is 0. The van der Waals surface area contributed by atoms with Crippen molar-refractivity contribution in [3.05, 3.63) is 52.8 Å². The lowest BCUT2D eigenvalue weighted by molar-refractivity contribution is 0.0698. The number of halogens is 1. The zero-order valence-corrected chi connectivity index (χ0v) is 11.2. The Morgan fingerprint density at radius 1 is 1.20 bits per heavy atom. The first-order valence-corrected chi connectivity index (χ1v) is 6.06. The van der Waals surface area contributed by atoms with Crippen molar-refractivity contribution in [1.82, 2.24) is 0 Å². The third kappa shape index (κ3) is 2.42. The van der Waals surface area contributed by atoms with Crippen LogP contribution in [0.3, 0.4) is 0 Å². The van der Waals surface area contributed by atoms with Crippen molar-refractivity contribution in [3.63, 3.8) is 0 Å². The molecular formula is C15H15FN2O2. The highest BCUT2D eigenvalue weighted by molar-refractivity contribution is 6.01. The number of rotatable bonds is 3. The molecule has 0 unspecified atom stereocenters. The van der Waals surface area contributed by atoms with Crippen molar-refractivity contribution in [1.29, 1.82) is 0 Å². The van der Waals surface area contributed by atoms with Crippen LogP contribution in [0.1, 0.15) is 21.5 Å². The molecule has 0 bridgehead atoms. The van der Waals surface area contributed by atoms with Gasteiger partial charge in [0.05, 0.1) is 11.4 Å². The summed E-state index contributed by atoms with van der Waals surface area (Å²) in [5.41, 5.74) is 7.88. The van der Waals surface area contributed by atoms with Crippen LogP contribution in [0.4, 0.5) is 21.5 Å². The molecule has 2 aromatic carbocycles. The molecule has 0 saturated heterocycles. The second kappa shape index (κ2) is 5.21. The number of benzene rings is 2. The summed E-state index contributed by atoms with van der Waals surface area (Å²) in [4.78, 5) is 11.3. The van der Waals surface area contributed by atoms with Gasteiger partial charge in [0.25, 0.3) is 0 Å². The lowest BCUT2D eigenvalue weighted by atomic mass is 10.1. The minimum atomic E-state index is -1.27. The summed E-state index contributed by atoms with van der Waals surface area (Å²) in [7, 11) is 0. The predicted octanol–water partition coefficient (Wildman–Crippen LogP) is 3.47. The molecule has 0 saturated carbocycles. The molecule has 0 amide bonds. The number of aryl methyl sites for hydroxylation is 2. The van der Waals surface area contributed by atoms with Gasteiger partial charge in [-0.3, -0.25) is 0 Å². The second-order valence-electron chi connectivity index (χ2n) is 4.58. The van der Waals surface area contributed by atoms with E-state index in [-0.39, 0.29) is 16.9 Å². The molecule has 0 aromatic heterocycles. The monoisotopic (exact) mass is 274 g/mol. The van der Waals surface area contributed by atoms with Crippen molar-refractivity contribution in [3.8, 4) is 0 Å². The van der Waals surface area contributed by atoms with E-state index in [0.29, 0.717) is 0 Å². The summed E-state index contributed by atoms with van der Waals surface area (Å²) in [5.74, 6) is -2.01. The molecule has 0 radical (unpaired) electrons. The first-order chi connectivity index (χ1) is 9.41. The van der Waals surface area contributed by atoms with Crippen LogP contribution in [-0.2, 0) is 0 Å². The number of hydrogen-bond donors (Lipinski definition) is 3. The average molecular weight is 274 g/mol. The van der Waals surface area contributed by atoms with E-state index in [0.717, 1.165) is 22.9 Å². The molecule has 0 spiro atoms. The Bertz CT molecular complexity index is 664. The molecule has 0 heterocycles. The Hall–Kier alpha value is -2.56. The Morgan fingerprint density at radius 3 is 2.35 bits per heavy atom. The number of hydrogen-bond acceptors (Lipinski definition) is 3. The summed E-state index contributed by atoms with van der Waals surface area (Å²) in [5, 5.41) is 12.2. The van der Waals surface area contributed by atoms with Crippen LogP contribution in [0.25, 0.3) is 0 Å². The second-order valence-corrected chi connectivity index (χ2v) is 4.58. The smallest absolute Gasteiger partial charge is 0.340 e. The fourth-order valence-electron chi connectivity index (χ4n) is 2.07. The van der Waals surface area contributed by atoms with Gasteiger partial charge in [0, 0.05) is 5.69 Å². The summed E-state index contributed by atoms with van der Waals surface area (Å²) in [6.45, 7) is 3.81. The third-order valence-electron chi connectivity index (χ3n) is 3.15. The topological polar surface area (TPSA) is 75.3 Å². The van der Waals surface area contributed by atoms with Gasteiger partial charge in [-0.2, -0.15) is 0 Å². The Labute approximate surface area is 116 Å². The molecule has 0 aliphatic carbocycles. The fraction of sp³-hybridized carbons (Fsp3) is 0.133. The van der Waals surface area contributed by atoms with E-state index in [1.165, 1.54) is 6.07 Å². The summed E-state index contributed by atoms with van der Waals surface area (Å²) in [6, 6.07) is 8.25. The van der Waals surface area contributed by atoms with Crippen molar-refractivity contribution in [2.75, 3.05) is 11.1 Å². The van der Waals surface area contributed by atoms with Crippen LogP contribution < -0.4 is 11.1 Å². The average Bonchev–Trinajstić information content (AvgIpc) is 2.37. The SMILES string of the molecule is Cc1cccc(C)c1Nc1ccc(F)c(N)c1C(=O)O. The van der Waals surface area contributed by atoms with E-state index in [1.807, 2.05) is 32.0 Å². The molecule has 20 heavy (non-hydrogen) atoms. The number of carbonyl (C=O) groups is 1. The van der Waals surface area contributed by atoms with E-state index < -0.39 is 11.8 Å². The van der Waals surface area contributed by atoms with E-state index in [9.17, 15) is 14.3 Å². The highest BCUT2D eigenvalue weighted by Crippen LogP contribution is 2.30. The molecule has 4 N–H and O–H groups in total. The Balaban J connectivity index is 2.55. The summed E-state index contributed by atoms with van der Waals surface area (Å²) < 4.78 is 13.4. The maximum atomic E-state index is 13.4. The lowest BCUT2D eigenvalue weighted by Gasteiger charge is -2.15. The third-order valence-corrected chi connectivity index (χ3v) is 3.15. The molecule has 0 atom stereocenters. The zero-order chi connectivity index (χ0) is 14.9. The van der Waals surface area contributed by atoms with E-state index in [1.54, 1.807) is 0 Å². The number of anilines is 3. The summed E-state index contributed by atoms with van der Waals surface area (Å²) >= 11 is 0. The van der Waals surface area contributed by atoms with Crippen molar-refractivity contribution in [2.45, 2.75) is 13.8 Å². The van der Waals surface area contributed by atoms with Crippen LogP contribution in [0, 0.1) is 19.7 Å². The number of para-hydroxylation sites is 1. The maximum absolute atomic E-state index is 13.4. The normalized spacial score (nSPS) is 10.3. The van der Waals surface area contributed by atoms with Gasteiger partial charge in [-0.25, -0.2) is 9.18 Å². The molecule has 4 nitrogen and oxygen atoms in total. The highest BCUT2D eigenvalue weighted by Gasteiger charge is 2.18. The molecule has 0 aliphatic rings. The standard InChI is InChI=1S/C15H15FN2O2/c1-8-4-3-5-9(2)14(8)18-11-7-6-10(16)13(17)12(11)15(19)20/h3-7,18H,17H2,1-2H3,(H,19,20). The van der Waals surface area contributed by atoms with Gasteiger partial charge in [0.1, 0.15) is 11.4 Å². The molecule has 2 aromatic rings. The van der Waals surface area contributed by atoms with Gasteiger partial charge in [0.15, 0.2) is 0 Å². The van der Waals surface area contributed by atoms with Gasteiger partial charge in [0.2, 0.25) is 0 Å². The molecular weight excluding hydrogens is 259 g/mol. The van der Waals surface area contributed by atoms with Crippen molar-refractivity contribution >= 4 is 23.0 Å². The van der Waals surface area contributed by atoms with Crippen molar-refractivity contribution < 1.29 is 14.3 Å². The van der Waals surface area contributed by atoms with Gasteiger partial charge >= 0.3 is 5.97 Å². The Morgan fingerprint density at radius 2 is 1.80 bits per heavy atom. The maximum Gasteiger partial charge on any atom is 0.340 e. The molecule has 104 valence electrons. The van der Waals surface area contributed by atoms with Gasteiger partial charge < -0.3 is 16.2 Å². The number of nitrogens with two attached hydrogens (primary N) is 1. The number of nitrogens with one attached hydrogen (secondary N) is 1. The predicted molar refractivity (Wildman–Crippen MR) is 77.0 cm³/mol. The van der Waals surface area contributed by atoms with Gasteiger partial charge in [-0.05, 0) is 37.1 Å². The minimum Gasteiger partial charge on any atom is -0.478 e. The number of carboxylic acid groups (broad SMARTS) is 1. The lowest BCUT2D eigenvalue weighted by Crippen LogP contribution is -2.09. The van der Waals surface area contributed by atoms with Gasteiger partial charge in [-0.1, -0.05) is 18.2 Å². The van der Waals surface area contributed by atoms with Crippen LogP contribution in [0.2, 0.25) is 0 Å². The molecule has 0 aliphatic heterocycles. The van der Waals surface area contributed by atoms with Crippen LogP contribution in [0.15, 0.2) is 30.3 Å². The van der Waals surface area contributed by atoms with Crippen molar-refractivity contribution in [2.24, 2.45) is 0 Å². The van der Waals surface area contributed by atoms with E-state index in [4.69, 9.17) is 5.73 Å².